The fourth-order valence-corrected chi connectivity index (χ4v) is 5.79. The molecule has 1 amide bonds. The molecule has 0 fully saturated rings. The van der Waals surface area contributed by atoms with E-state index in [-0.39, 0.29) is 35.4 Å². The quantitative estimate of drug-likeness (QED) is 0.145. The summed E-state index contributed by atoms with van der Waals surface area (Å²) in [4.78, 5) is 12.8. The van der Waals surface area contributed by atoms with Crippen LogP contribution in [0, 0.1) is 11.3 Å². The highest BCUT2D eigenvalue weighted by Gasteiger charge is 2.26. The highest BCUT2D eigenvalue weighted by Crippen LogP contribution is 2.27. The maximum atomic E-state index is 13.6. The summed E-state index contributed by atoms with van der Waals surface area (Å²) in [7, 11) is -4.00. The van der Waals surface area contributed by atoms with Crippen LogP contribution in [0.5, 0.6) is 0 Å². The number of nitrogens with one attached hydrogen (secondary N) is 1. The molecule has 7 nitrogen and oxygen atoms in total. The summed E-state index contributed by atoms with van der Waals surface area (Å²) in [6.07, 6.45) is 1.31. The number of hydrogen-bond donors (Lipinski definition) is 1. The molecule has 1 aromatic heterocycles. The standard InChI is InChI=1S/C30H24Cl3N3O4S/c1-20(22-5-3-2-4-6-22)35-30(37)23(17-34)16-25-10-11-26(40-25)19-36(18-21-7-14-28(32)29(33)15-21)41(38,39)27-12-8-24(31)9-13-27/h2-16,20H,18-19H2,1H3,(H,35,37)/b23-16-/t20-/m0/s1. The Hall–Kier alpha value is -3.58. The summed E-state index contributed by atoms with van der Waals surface area (Å²) < 4.78 is 34.3. The van der Waals surface area contributed by atoms with Crippen LogP contribution >= 0.6 is 34.8 Å². The maximum Gasteiger partial charge on any atom is 0.262 e. The minimum atomic E-state index is -4.00. The first kappa shape index (κ1) is 30.4. The second-order valence-electron chi connectivity index (χ2n) is 9.06. The molecule has 0 aliphatic rings. The Morgan fingerprint density at radius 1 is 0.976 bits per heavy atom. The first-order chi connectivity index (χ1) is 19.6. The number of benzene rings is 3. The fourth-order valence-electron chi connectivity index (χ4n) is 3.94. The van der Waals surface area contributed by atoms with Gasteiger partial charge in [0.25, 0.3) is 5.91 Å². The Balaban J connectivity index is 1.57. The lowest BCUT2D eigenvalue weighted by Crippen LogP contribution is -2.30. The number of hydrogen-bond acceptors (Lipinski definition) is 5. The summed E-state index contributed by atoms with van der Waals surface area (Å²) in [5, 5.41) is 13.5. The summed E-state index contributed by atoms with van der Waals surface area (Å²) in [5.41, 5.74) is 1.34. The molecule has 1 atom stereocenters. The minimum Gasteiger partial charge on any atom is -0.460 e. The first-order valence-electron chi connectivity index (χ1n) is 12.3. The van der Waals surface area contributed by atoms with Crippen LogP contribution in [0.4, 0.5) is 0 Å². The second-order valence-corrected chi connectivity index (χ2v) is 12.2. The van der Waals surface area contributed by atoms with E-state index in [4.69, 9.17) is 39.2 Å². The van der Waals surface area contributed by atoms with Gasteiger partial charge in [0.1, 0.15) is 23.2 Å². The molecule has 0 spiro atoms. The predicted octanol–water partition coefficient (Wildman–Crippen LogP) is 7.42. The smallest absolute Gasteiger partial charge is 0.262 e. The van der Waals surface area contributed by atoms with E-state index >= 15 is 0 Å². The second kappa shape index (κ2) is 13.4. The third-order valence-corrected chi connectivity index (χ3v) is 8.90. The number of carbonyl (C=O) groups is 1. The molecule has 4 rings (SSSR count). The van der Waals surface area contributed by atoms with Crippen LogP contribution in [0.2, 0.25) is 15.1 Å². The molecule has 0 aliphatic heterocycles. The van der Waals surface area contributed by atoms with Crippen molar-refractivity contribution in [2.75, 3.05) is 0 Å². The zero-order valence-corrected chi connectivity index (χ0v) is 24.8. The Labute approximate surface area is 253 Å². The molecular weight excluding hydrogens is 605 g/mol. The highest BCUT2D eigenvalue weighted by atomic mass is 35.5. The SMILES string of the molecule is C[C@H](NC(=O)/C(C#N)=C\c1ccc(CN(Cc2ccc(Cl)c(Cl)c2)S(=O)(=O)c2ccc(Cl)cc2)o1)c1ccccc1. The van der Waals surface area contributed by atoms with E-state index in [0.717, 1.165) is 5.56 Å². The normalized spacial score (nSPS) is 12.6. The van der Waals surface area contributed by atoms with Gasteiger partial charge in [-0.05, 0) is 66.6 Å². The van der Waals surface area contributed by atoms with Crippen LogP contribution in [0.25, 0.3) is 6.08 Å². The number of nitriles is 1. The average Bonchev–Trinajstić information content (AvgIpc) is 3.40. The Kier molecular flexibility index (Phi) is 9.92. The maximum absolute atomic E-state index is 13.6. The van der Waals surface area contributed by atoms with Crippen molar-refractivity contribution in [3.63, 3.8) is 0 Å². The van der Waals surface area contributed by atoms with Crippen LogP contribution < -0.4 is 5.32 Å². The van der Waals surface area contributed by atoms with E-state index < -0.39 is 15.9 Å². The van der Waals surface area contributed by atoms with Gasteiger partial charge in [-0.15, -0.1) is 0 Å². The molecule has 0 unspecified atom stereocenters. The highest BCUT2D eigenvalue weighted by molar-refractivity contribution is 7.89. The van der Waals surface area contributed by atoms with E-state index in [0.29, 0.717) is 26.4 Å². The summed E-state index contributed by atoms with van der Waals surface area (Å²) >= 11 is 18.2. The lowest BCUT2D eigenvalue weighted by Gasteiger charge is -2.22. The van der Waals surface area contributed by atoms with Crippen molar-refractivity contribution in [2.45, 2.75) is 31.0 Å². The van der Waals surface area contributed by atoms with Crippen LogP contribution in [0.1, 0.15) is 35.6 Å². The van der Waals surface area contributed by atoms with Crippen molar-refractivity contribution in [2.24, 2.45) is 0 Å². The first-order valence-corrected chi connectivity index (χ1v) is 14.9. The predicted molar refractivity (Wildman–Crippen MR) is 160 cm³/mol. The van der Waals surface area contributed by atoms with Crippen LogP contribution in [0.3, 0.4) is 0 Å². The third kappa shape index (κ3) is 7.79. The molecule has 11 heteroatoms. The average molecular weight is 629 g/mol. The van der Waals surface area contributed by atoms with E-state index in [1.165, 1.54) is 34.6 Å². The van der Waals surface area contributed by atoms with Gasteiger partial charge in [-0.2, -0.15) is 9.57 Å². The minimum absolute atomic E-state index is 0.0308. The molecule has 0 aliphatic carbocycles. The number of halogens is 3. The van der Waals surface area contributed by atoms with Crippen LogP contribution in [-0.4, -0.2) is 18.6 Å². The van der Waals surface area contributed by atoms with Gasteiger partial charge < -0.3 is 9.73 Å². The molecule has 41 heavy (non-hydrogen) atoms. The van der Waals surface area contributed by atoms with Crippen molar-refractivity contribution in [1.29, 1.82) is 5.26 Å². The largest absolute Gasteiger partial charge is 0.460 e. The van der Waals surface area contributed by atoms with Gasteiger partial charge in [-0.1, -0.05) is 71.2 Å². The van der Waals surface area contributed by atoms with Gasteiger partial charge in [-0.25, -0.2) is 8.42 Å². The summed E-state index contributed by atoms with van der Waals surface area (Å²) in [6, 6.07) is 24.8. The molecular formula is C30H24Cl3N3O4S. The zero-order valence-electron chi connectivity index (χ0n) is 21.7. The lowest BCUT2D eigenvalue weighted by atomic mass is 10.1. The number of furan rings is 1. The molecule has 0 radical (unpaired) electrons. The van der Waals surface area contributed by atoms with Crippen molar-refractivity contribution in [1.82, 2.24) is 9.62 Å². The van der Waals surface area contributed by atoms with E-state index in [1.54, 1.807) is 30.3 Å². The summed E-state index contributed by atoms with van der Waals surface area (Å²) in [5.74, 6) is -0.0463. The fraction of sp³-hybridized carbons (Fsp3) is 0.133. The number of rotatable bonds is 10. The molecule has 1 heterocycles. The summed E-state index contributed by atoms with van der Waals surface area (Å²) in [6.45, 7) is 1.64. The molecule has 0 saturated heterocycles. The van der Waals surface area contributed by atoms with Gasteiger partial charge in [0.2, 0.25) is 10.0 Å². The van der Waals surface area contributed by atoms with Crippen LogP contribution in [0.15, 0.2) is 99.8 Å². The Morgan fingerprint density at radius 3 is 2.34 bits per heavy atom. The lowest BCUT2D eigenvalue weighted by molar-refractivity contribution is -0.117. The topological polar surface area (TPSA) is 103 Å². The third-order valence-electron chi connectivity index (χ3n) is 6.11. The van der Waals surface area contributed by atoms with Gasteiger partial charge in [0.05, 0.1) is 27.5 Å². The van der Waals surface area contributed by atoms with Gasteiger partial charge in [-0.3, -0.25) is 4.79 Å². The van der Waals surface area contributed by atoms with E-state index in [1.807, 2.05) is 43.3 Å². The monoisotopic (exact) mass is 627 g/mol. The van der Waals surface area contributed by atoms with Gasteiger partial charge in [0.15, 0.2) is 0 Å². The van der Waals surface area contributed by atoms with Crippen molar-refractivity contribution < 1.29 is 17.6 Å². The molecule has 0 bridgehead atoms. The van der Waals surface area contributed by atoms with Gasteiger partial charge >= 0.3 is 0 Å². The van der Waals surface area contributed by atoms with E-state index in [9.17, 15) is 18.5 Å². The molecule has 0 saturated carbocycles. The Morgan fingerprint density at radius 2 is 1.68 bits per heavy atom. The van der Waals surface area contributed by atoms with Crippen molar-refractivity contribution in [3.8, 4) is 6.07 Å². The molecule has 1 N–H and O–H groups in total. The number of amides is 1. The van der Waals surface area contributed by atoms with Crippen LogP contribution in [-0.2, 0) is 27.9 Å². The van der Waals surface area contributed by atoms with Gasteiger partial charge in [0, 0.05) is 17.6 Å². The number of carbonyl (C=O) groups excluding carboxylic acids is 1. The molecule has 210 valence electrons. The van der Waals surface area contributed by atoms with Crippen molar-refractivity contribution >= 4 is 56.8 Å². The Bertz CT molecular complexity index is 1710. The zero-order chi connectivity index (χ0) is 29.6. The van der Waals surface area contributed by atoms with E-state index in [2.05, 4.69) is 5.32 Å². The molecule has 4 aromatic rings. The molecule has 3 aromatic carbocycles. The number of nitrogens with zero attached hydrogens (tertiary/aromatic N) is 2. The van der Waals surface area contributed by atoms with Crippen molar-refractivity contribution in [3.05, 3.63) is 128 Å². The number of sulfonamides is 1.